The van der Waals surface area contributed by atoms with E-state index < -0.39 is 0 Å². The third-order valence-electron chi connectivity index (χ3n) is 4.71. The number of Topliss-reactive ketones (excluding diaryl/α,β-unsaturated/α-hetero) is 1. The topological polar surface area (TPSA) is 72.4 Å². The normalized spacial score (nSPS) is 16.8. The van der Waals surface area contributed by atoms with Crippen molar-refractivity contribution in [3.8, 4) is 5.75 Å². The van der Waals surface area contributed by atoms with Crippen molar-refractivity contribution in [3.05, 3.63) is 47.8 Å². The molecule has 0 spiro atoms. The van der Waals surface area contributed by atoms with Gasteiger partial charge >= 0.3 is 0 Å². The molecule has 6 nitrogen and oxygen atoms in total. The summed E-state index contributed by atoms with van der Waals surface area (Å²) in [6.07, 6.45) is 4.96. The van der Waals surface area contributed by atoms with E-state index in [0.717, 1.165) is 24.2 Å². The molecule has 142 valence electrons. The van der Waals surface area contributed by atoms with Gasteiger partial charge in [0.1, 0.15) is 5.75 Å². The number of thioether (sulfide) groups is 1. The Morgan fingerprint density at radius 2 is 2.07 bits per heavy atom. The molecule has 3 rings (SSSR count). The zero-order valence-corrected chi connectivity index (χ0v) is 16.4. The van der Waals surface area contributed by atoms with E-state index in [1.54, 1.807) is 30.5 Å². The molecule has 1 aliphatic rings. The molecule has 7 heteroatoms. The average Bonchev–Trinajstić information content (AvgIpc) is 2.72. The summed E-state index contributed by atoms with van der Waals surface area (Å²) in [5.41, 5.74) is 1.61. The molecule has 1 amide bonds. The lowest BCUT2D eigenvalue weighted by Gasteiger charge is -2.32. The number of piperidine rings is 1. The van der Waals surface area contributed by atoms with Crippen LogP contribution in [-0.2, 0) is 4.79 Å². The summed E-state index contributed by atoms with van der Waals surface area (Å²) in [5, 5.41) is 0.587. The monoisotopic (exact) mass is 385 g/mol. The average molecular weight is 385 g/mol. The Kier molecular flexibility index (Phi) is 6.45. The van der Waals surface area contributed by atoms with Crippen LogP contribution in [0, 0.1) is 12.8 Å². The molecular weight excluding hydrogens is 362 g/mol. The number of carbonyl (C=O) groups excluding carboxylic acids is 2. The zero-order valence-electron chi connectivity index (χ0n) is 15.6. The Balaban J connectivity index is 1.61. The fourth-order valence-electron chi connectivity index (χ4n) is 3.25. The number of aromatic nitrogens is 2. The number of carbonyl (C=O) groups is 2. The van der Waals surface area contributed by atoms with Gasteiger partial charge in [-0.15, -0.1) is 0 Å². The van der Waals surface area contributed by atoms with Crippen molar-refractivity contribution in [2.45, 2.75) is 24.9 Å². The lowest BCUT2D eigenvalue weighted by molar-refractivity contribution is -0.129. The summed E-state index contributed by atoms with van der Waals surface area (Å²) in [6.45, 7) is 3.08. The smallest absolute Gasteiger partial charge is 0.233 e. The van der Waals surface area contributed by atoms with E-state index >= 15 is 0 Å². The summed E-state index contributed by atoms with van der Waals surface area (Å²) in [7, 11) is 1.61. The summed E-state index contributed by atoms with van der Waals surface area (Å²) in [6, 6.07) is 7.24. The molecule has 0 aliphatic carbocycles. The lowest BCUT2D eigenvalue weighted by Crippen LogP contribution is -2.43. The molecule has 1 saturated heterocycles. The van der Waals surface area contributed by atoms with Gasteiger partial charge in [0.2, 0.25) is 5.91 Å². The van der Waals surface area contributed by atoms with E-state index in [4.69, 9.17) is 4.74 Å². The Morgan fingerprint density at radius 3 is 2.78 bits per heavy atom. The standard InChI is InChI=1S/C20H23N3O3S/c1-14-11-16(26-2)6-7-17(14)19(25)15-5-3-10-23(12-15)18(24)13-27-20-21-8-4-9-22-20/h4,6-9,11,15H,3,5,10,12-13H2,1-2H3. The SMILES string of the molecule is COc1ccc(C(=O)C2CCCN(C(=O)CSc3ncccn3)C2)c(C)c1. The molecule has 0 bridgehead atoms. The predicted molar refractivity (Wildman–Crippen MR) is 104 cm³/mol. The van der Waals surface area contributed by atoms with Crippen LogP contribution in [0.15, 0.2) is 41.8 Å². The highest BCUT2D eigenvalue weighted by molar-refractivity contribution is 7.99. The summed E-state index contributed by atoms with van der Waals surface area (Å²) in [5.74, 6) is 0.993. The van der Waals surface area contributed by atoms with Gasteiger partial charge in [0.05, 0.1) is 12.9 Å². The van der Waals surface area contributed by atoms with Gasteiger partial charge in [0.25, 0.3) is 0 Å². The fourth-order valence-corrected chi connectivity index (χ4v) is 3.96. The minimum Gasteiger partial charge on any atom is -0.497 e. The molecule has 1 aliphatic heterocycles. The highest BCUT2D eigenvalue weighted by Gasteiger charge is 2.29. The van der Waals surface area contributed by atoms with Crippen molar-refractivity contribution >= 4 is 23.5 Å². The van der Waals surface area contributed by atoms with Crippen LogP contribution in [0.1, 0.15) is 28.8 Å². The summed E-state index contributed by atoms with van der Waals surface area (Å²) >= 11 is 1.32. The van der Waals surface area contributed by atoms with Crippen molar-refractivity contribution in [2.24, 2.45) is 5.92 Å². The summed E-state index contributed by atoms with van der Waals surface area (Å²) < 4.78 is 5.21. The maximum absolute atomic E-state index is 13.0. The van der Waals surface area contributed by atoms with Crippen LogP contribution in [0.5, 0.6) is 5.75 Å². The summed E-state index contributed by atoms with van der Waals surface area (Å²) in [4.78, 5) is 35.5. The number of ether oxygens (including phenoxy) is 1. The molecule has 0 N–H and O–H groups in total. The number of likely N-dealkylation sites (tertiary alicyclic amines) is 1. The minimum absolute atomic E-state index is 0.0244. The number of amides is 1. The van der Waals surface area contributed by atoms with Gasteiger partial charge in [-0.1, -0.05) is 11.8 Å². The predicted octanol–water partition coefficient (Wildman–Crippen LogP) is 3.01. The number of methoxy groups -OCH3 is 1. The number of rotatable bonds is 6. The van der Waals surface area contributed by atoms with E-state index in [1.165, 1.54) is 11.8 Å². The zero-order chi connectivity index (χ0) is 19.2. The van der Waals surface area contributed by atoms with Gasteiger partial charge in [0, 0.05) is 37.0 Å². The molecule has 0 saturated carbocycles. The van der Waals surface area contributed by atoms with Crippen LogP contribution in [0.3, 0.4) is 0 Å². The fraction of sp³-hybridized carbons (Fsp3) is 0.400. The molecule has 0 radical (unpaired) electrons. The van der Waals surface area contributed by atoms with Crippen molar-refractivity contribution in [1.82, 2.24) is 14.9 Å². The van der Waals surface area contributed by atoms with Crippen LogP contribution >= 0.6 is 11.8 Å². The third-order valence-corrected chi connectivity index (χ3v) is 5.57. The molecule has 27 heavy (non-hydrogen) atoms. The van der Waals surface area contributed by atoms with Crippen LogP contribution < -0.4 is 4.74 Å². The molecule has 2 heterocycles. The minimum atomic E-state index is -0.159. The maximum Gasteiger partial charge on any atom is 0.233 e. The van der Waals surface area contributed by atoms with Crippen molar-refractivity contribution in [1.29, 1.82) is 0 Å². The Hall–Kier alpha value is -2.41. The second-order valence-electron chi connectivity index (χ2n) is 6.54. The van der Waals surface area contributed by atoms with Crippen LogP contribution in [-0.4, -0.2) is 52.5 Å². The van der Waals surface area contributed by atoms with Gasteiger partial charge in [-0.3, -0.25) is 9.59 Å². The van der Waals surface area contributed by atoms with Gasteiger partial charge in [0.15, 0.2) is 10.9 Å². The van der Waals surface area contributed by atoms with Gasteiger partial charge < -0.3 is 9.64 Å². The molecule has 1 unspecified atom stereocenters. The maximum atomic E-state index is 13.0. The molecule has 1 aromatic heterocycles. The number of benzene rings is 1. The van der Waals surface area contributed by atoms with Crippen LogP contribution in [0.2, 0.25) is 0 Å². The van der Waals surface area contributed by atoms with Gasteiger partial charge in [-0.25, -0.2) is 9.97 Å². The number of hydrogen-bond donors (Lipinski definition) is 0. The number of aryl methyl sites for hydroxylation is 1. The number of nitrogens with zero attached hydrogens (tertiary/aromatic N) is 3. The lowest BCUT2D eigenvalue weighted by atomic mass is 9.88. The second kappa shape index (κ2) is 8.99. The van der Waals surface area contributed by atoms with E-state index in [0.29, 0.717) is 23.8 Å². The second-order valence-corrected chi connectivity index (χ2v) is 7.49. The molecular formula is C20H23N3O3S. The first-order chi connectivity index (χ1) is 13.1. The van der Waals surface area contributed by atoms with E-state index in [9.17, 15) is 9.59 Å². The van der Waals surface area contributed by atoms with Crippen molar-refractivity contribution in [3.63, 3.8) is 0 Å². The van der Waals surface area contributed by atoms with Crippen LogP contribution in [0.4, 0.5) is 0 Å². The molecule has 1 aromatic carbocycles. The number of hydrogen-bond acceptors (Lipinski definition) is 6. The van der Waals surface area contributed by atoms with Crippen LogP contribution in [0.25, 0.3) is 0 Å². The highest BCUT2D eigenvalue weighted by Crippen LogP contribution is 2.25. The Morgan fingerprint density at radius 1 is 1.30 bits per heavy atom. The van der Waals surface area contributed by atoms with Gasteiger partial charge in [-0.2, -0.15) is 0 Å². The quantitative estimate of drug-likeness (QED) is 0.432. The Labute approximate surface area is 163 Å². The number of ketones is 1. The van der Waals surface area contributed by atoms with E-state index in [1.807, 2.05) is 25.1 Å². The highest BCUT2D eigenvalue weighted by atomic mass is 32.2. The van der Waals surface area contributed by atoms with Gasteiger partial charge in [-0.05, 0) is 49.6 Å². The molecule has 1 fully saturated rings. The molecule has 1 atom stereocenters. The third kappa shape index (κ3) is 4.86. The molecule has 2 aromatic rings. The van der Waals surface area contributed by atoms with Crippen molar-refractivity contribution < 1.29 is 14.3 Å². The van der Waals surface area contributed by atoms with E-state index in [-0.39, 0.29) is 23.4 Å². The Bertz CT molecular complexity index is 813. The first-order valence-corrected chi connectivity index (χ1v) is 9.93. The largest absolute Gasteiger partial charge is 0.497 e. The first kappa shape index (κ1) is 19.4. The van der Waals surface area contributed by atoms with E-state index in [2.05, 4.69) is 9.97 Å². The van der Waals surface area contributed by atoms with Crippen molar-refractivity contribution in [2.75, 3.05) is 26.0 Å². The first-order valence-electron chi connectivity index (χ1n) is 8.95.